The molecule has 1 aliphatic carbocycles. The fourth-order valence-corrected chi connectivity index (χ4v) is 2.89. The van der Waals surface area contributed by atoms with Crippen molar-refractivity contribution in [3.05, 3.63) is 42.1 Å². The highest BCUT2D eigenvalue weighted by atomic mass is 16.5. The van der Waals surface area contributed by atoms with Gasteiger partial charge in [-0.3, -0.25) is 0 Å². The Labute approximate surface area is 107 Å². The van der Waals surface area contributed by atoms with Gasteiger partial charge in [-0.15, -0.1) is 6.58 Å². The van der Waals surface area contributed by atoms with Crippen LogP contribution in [0.4, 0.5) is 0 Å². The normalized spacial score (nSPS) is 17.9. The smallest absolute Gasteiger partial charge is 0.122 e. The van der Waals surface area contributed by atoms with Gasteiger partial charge in [0.1, 0.15) is 5.75 Å². The van der Waals surface area contributed by atoms with Crippen molar-refractivity contribution in [2.24, 2.45) is 0 Å². The summed E-state index contributed by atoms with van der Waals surface area (Å²) in [6.07, 6.45) is 6.10. The molecule has 2 N–H and O–H groups in total. The Hall–Kier alpha value is -1.74. The summed E-state index contributed by atoms with van der Waals surface area (Å²) in [5, 5.41) is 4.86. The van der Waals surface area contributed by atoms with Gasteiger partial charge in [0.25, 0.3) is 0 Å². The number of methoxy groups -OCH3 is 1. The average Bonchev–Trinajstić information content (AvgIpc) is 2.81. The zero-order chi connectivity index (χ0) is 12.5. The third kappa shape index (κ3) is 1.71. The minimum Gasteiger partial charge on any atom is -0.496 e. The molecule has 1 aromatic heterocycles. The molecule has 3 nitrogen and oxygen atoms in total. The monoisotopic (exact) mass is 242 g/mol. The number of nitrogens with one attached hydrogen (secondary N) is 2. The van der Waals surface area contributed by atoms with Gasteiger partial charge in [0.05, 0.1) is 7.11 Å². The first kappa shape index (κ1) is 11.4. The zero-order valence-corrected chi connectivity index (χ0v) is 10.6. The minimum atomic E-state index is 0.464. The summed E-state index contributed by atoms with van der Waals surface area (Å²) >= 11 is 0. The molecule has 0 aliphatic heterocycles. The standard InChI is InChI=1S/C15H18N2O/c1-3-6-16-11-7-10-9-17-13-4-5-14(18-2)12(8-11)15(10)13/h3-5,9,11,16-17H,1,6-8H2,2H3. The maximum absolute atomic E-state index is 5.49. The van der Waals surface area contributed by atoms with Crippen molar-refractivity contribution in [2.45, 2.75) is 18.9 Å². The van der Waals surface area contributed by atoms with Gasteiger partial charge >= 0.3 is 0 Å². The molecule has 3 rings (SSSR count). The molecule has 18 heavy (non-hydrogen) atoms. The van der Waals surface area contributed by atoms with E-state index < -0.39 is 0 Å². The molecule has 2 aromatic rings. The molecule has 3 heteroatoms. The number of hydrogen-bond donors (Lipinski definition) is 2. The molecule has 1 heterocycles. The Morgan fingerprint density at radius 3 is 3.17 bits per heavy atom. The van der Waals surface area contributed by atoms with Gasteiger partial charge in [-0.1, -0.05) is 6.08 Å². The fraction of sp³-hybridized carbons (Fsp3) is 0.333. The summed E-state index contributed by atoms with van der Waals surface area (Å²) < 4.78 is 5.49. The maximum Gasteiger partial charge on any atom is 0.122 e. The number of ether oxygens (including phenoxy) is 1. The van der Waals surface area contributed by atoms with Crippen LogP contribution >= 0.6 is 0 Å². The van der Waals surface area contributed by atoms with Crippen LogP contribution in [-0.2, 0) is 12.8 Å². The summed E-state index contributed by atoms with van der Waals surface area (Å²) in [7, 11) is 1.74. The molecule has 0 spiro atoms. The van der Waals surface area contributed by atoms with E-state index in [2.05, 4.69) is 29.1 Å². The second-order valence-corrected chi connectivity index (χ2v) is 4.78. The van der Waals surface area contributed by atoms with E-state index in [1.54, 1.807) is 7.11 Å². The topological polar surface area (TPSA) is 37.0 Å². The summed E-state index contributed by atoms with van der Waals surface area (Å²) in [6.45, 7) is 4.61. The summed E-state index contributed by atoms with van der Waals surface area (Å²) in [4.78, 5) is 3.34. The van der Waals surface area contributed by atoms with Crippen molar-refractivity contribution in [1.82, 2.24) is 10.3 Å². The number of hydrogen-bond acceptors (Lipinski definition) is 2. The van der Waals surface area contributed by atoms with Crippen molar-refractivity contribution in [1.29, 1.82) is 0 Å². The Kier molecular flexibility index (Phi) is 2.84. The van der Waals surface area contributed by atoms with E-state index >= 15 is 0 Å². The molecule has 0 radical (unpaired) electrons. The Morgan fingerprint density at radius 1 is 1.50 bits per heavy atom. The van der Waals surface area contributed by atoms with Crippen LogP contribution in [0.1, 0.15) is 11.1 Å². The van der Waals surface area contributed by atoms with E-state index in [-0.39, 0.29) is 0 Å². The lowest BCUT2D eigenvalue weighted by Crippen LogP contribution is -2.35. The molecule has 1 atom stereocenters. The third-order valence-corrected chi connectivity index (χ3v) is 3.68. The van der Waals surface area contributed by atoms with Crippen LogP contribution < -0.4 is 10.1 Å². The number of aromatic nitrogens is 1. The lowest BCUT2D eigenvalue weighted by Gasteiger charge is -2.24. The highest BCUT2D eigenvalue weighted by Gasteiger charge is 2.23. The number of H-pyrrole nitrogens is 1. The van der Waals surface area contributed by atoms with Crippen LogP contribution in [0.5, 0.6) is 5.75 Å². The number of aromatic amines is 1. The lowest BCUT2D eigenvalue weighted by atomic mass is 9.88. The van der Waals surface area contributed by atoms with Crippen molar-refractivity contribution < 1.29 is 4.74 Å². The Bertz CT molecular complexity index is 585. The van der Waals surface area contributed by atoms with E-state index in [0.717, 1.165) is 25.1 Å². The van der Waals surface area contributed by atoms with E-state index in [9.17, 15) is 0 Å². The fourth-order valence-electron chi connectivity index (χ4n) is 2.89. The average molecular weight is 242 g/mol. The van der Waals surface area contributed by atoms with Crippen LogP contribution in [0.2, 0.25) is 0 Å². The molecule has 0 fully saturated rings. The zero-order valence-electron chi connectivity index (χ0n) is 10.6. The number of rotatable bonds is 4. The Morgan fingerprint density at radius 2 is 2.39 bits per heavy atom. The van der Waals surface area contributed by atoms with Gasteiger partial charge in [-0.2, -0.15) is 0 Å². The van der Waals surface area contributed by atoms with Crippen molar-refractivity contribution >= 4 is 10.9 Å². The maximum atomic E-state index is 5.49. The summed E-state index contributed by atoms with van der Waals surface area (Å²) in [5.74, 6) is 0.994. The van der Waals surface area contributed by atoms with E-state index in [1.165, 1.54) is 22.0 Å². The van der Waals surface area contributed by atoms with Crippen molar-refractivity contribution in [3.8, 4) is 5.75 Å². The number of benzene rings is 1. The van der Waals surface area contributed by atoms with Crippen LogP contribution in [0.15, 0.2) is 31.0 Å². The van der Waals surface area contributed by atoms with Crippen molar-refractivity contribution in [3.63, 3.8) is 0 Å². The summed E-state index contributed by atoms with van der Waals surface area (Å²) in [6, 6.07) is 4.61. The van der Waals surface area contributed by atoms with Gasteiger partial charge in [0.2, 0.25) is 0 Å². The highest BCUT2D eigenvalue weighted by molar-refractivity contribution is 5.89. The highest BCUT2D eigenvalue weighted by Crippen LogP contribution is 2.35. The second kappa shape index (κ2) is 4.50. The Balaban J connectivity index is 2.03. The molecular weight excluding hydrogens is 224 g/mol. The molecule has 1 aromatic carbocycles. The van der Waals surface area contributed by atoms with E-state index in [1.807, 2.05) is 12.1 Å². The van der Waals surface area contributed by atoms with Gasteiger partial charge in [-0.05, 0) is 30.5 Å². The molecule has 0 amide bonds. The predicted octanol–water partition coefficient (Wildman–Crippen LogP) is 2.42. The SMILES string of the molecule is C=CCNC1Cc2c[nH]c3ccc(OC)c(c23)C1. The van der Waals surface area contributed by atoms with Crippen LogP contribution in [0.3, 0.4) is 0 Å². The minimum absolute atomic E-state index is 0.464. The van der Waals surface area contributed by atoms with Gasteiger partial charge < -0.3 is 15.0 Å². The molecule has 0 bridgehead atoms. The first-order valence-corrected chi connectivity index (χ1v) is 6.33. The first-order chi connectivity index (χ1) is 8.83. The van der Waals surface area contributed by atoms with Gasteiger partial charge in [0.15, 0.2) is 0 Å². The first-order valence-electron chi connectivity index (χ1n) is 6.33. The molecule has 1 unspecified atom stereocenters. The van der Waals surface area contributed by atoms with E-state index in [0.29, 0.717) is 6.04 Å². The van der Waals surface area contributed by atoms with E-state index in [4.69, 9.17) is 4.74 Å². The largest absolute Gasteiger partial charge is 0.496 e. The molecule has 0 saturated carbocycles. The summed E-state index contributed by atoms with van der Waals surface area (Å²) in [5.41, 5.74) is 3.91. The lowest BCUT2D eigenvalue weighted by molar-refractivity contribution is 0.405. The van der Waals surface area contributed by atoms with Crippen LogP contribution in [-0.4, -0.2) is 24.7 Å². The molecular formula is C15H18N2O. The quantitative estimate of drug-likeness (QED) is 0.808. The molecule has 0 saturated heterocycles. The second-order valence-electron chi connectivity index (χ2n) is 4.78. The van der Waals surface area contributed by atoms with Gasteiger partial charge in [0, 0.05) is 35.2 Å². The molecule has 94 valence electrons. The third-order valence-electron chi connectivity index (χ3n) is 3.68. The van der Waals surface area contributed by atoms with Crippen molar-refractivity contribution in [2.75, 3.05) is 13.7 Å². The van der Waals surface area contributed by atoms with Gasteiger partial charge in [-0.25, -0.2) is 0 Å². The van der Waals surface area contributed by atoms with Crippen LogP contribution in [0, 0.1) is 0 Å². The molecule has 1 aliphatic rings. The van der Waals surface area contributed by atoms with Crippen LogP contribution in [0.25, 0.3) is 10.9 Å². The predicted molar refractivity (Wildman–Crippen MR) is 74.2 cm³/mol.